The van der Waals surface area contributed by atoms with Gasteiger partial charge >= 0.3 is 5.97 Å². The SMILES string of the molecule is CCC(C)(C(=O)O)N1CCCCS1(=O)=O. The molecule has 5 nitrogen and oxygen atoms in total. The fourth-order valence-corrected chi connectivity index (χ4v) is 3.79. The third-order valence-electron chi connectivity index (χ3n) is 3.05. The van der Waals surface area contributed by atoms with Crippen LogP contribution in [0.4, 0.5) is 0 Å². The molecule has 0 radical (unpaired) electrons. The number of sulfonamides is 1. The average Bonchev–Trinajstić information content (AvgIpc) is 2.15. The van der Waals surface area contributed by atoms with Crippen molar-refractivity contribution in [3.05, 3.63) is 0 Å². The number of rotatable bonds is 3. The van der Waals surface area contributed by atoms with Crippen molar-refractivity contribution >= 4 is 16.0 Å². The average molecular weight is 235 g/mol. The van der Waals surface area contributed by atoms with Crippen molar-refractivity contribution in [1.29, 1.82) is 0 Å². The predicted octanol–water partition coefficient (Wildman–Crippen LogP) is 0.665. The number of hydrogen-bond donors (Lipinski definition) is 1. The van der Waals surface area contributed by atoms with E-state index in [0.29, 0.717) is 13.0 Å². The van der Waals surface area contributed by atoms with Crippen LogP contribution in [0.15, 0.2) is 0 Å². The van der Waals surface area contributed by atoms with Crippen molar-refractivity contribution in [2.45, 2.75) is 38.6 Å². The maximum Gasteiger partial charge on any atom is 0.324 e. The first-order valence-corrected chi connectivity index (χ1v) is 6.69. The minimum atomic E-state index is -3.39. The van der Waals surface area contributed by atoms with Crippen LogP contribution >= 0.6 is 0 Å². The third-order valence-corrected chi connectivity index (χ3v) is 5.11. The molecule has 1 rings (SSSR count). The third kappa shape index (κ3) is 2.15. The molecule has 1 atom stereocenters. The standard InChI is InChI=1S/C9H17NO4S/c1-3-9(2,8(11)12)10-6-4-5-7-15(10,13)14/h3-7H2,1-2H3,(H,11,12). The second-order valence-electron chi connectivity index (χ2n) is 4.03. The molecule has 0 saturated carbocycles. The van der Waals surface area contributed by atoms with Crippen molar-refractivity contribution in [2.75, 3.05) is 12.3 Å². The molecule has 1 unspecified atom stereocenters. The molecule has 0 aromatic carbocycles. The van der Waals surface area contributed by atoms with Gasteiger partial charge in [0.2, 0.25) is 10.0 Å². The summed E-state index contributed by atoms with van der Waals surface area (Å²) in [6.45, 7) is 3.48. The topological polar surface area (TPSA) is 74.7 Å². The maximum absolute atomic E-state index is 11.8. The minimum Gasteiger partial charge on any atom is -0.480 e. The molecular formula is C9H17NO4S. The van der Waals surface area contributed by atoms with E-state index in [1.54, 1.807) is 6.92 Å². The number of carbonyl (C=O) groups is 1. The number of aliphatic carboxylic acids is 1. The fraction of sp³-hybridized carbons (Fsp3) is 0.889. The van der Waals surface area contributed by atoms with Crippen molar-refractivity contribution < 1.29 is 18.3 Å². The van der Waals surface area contributed by atoms with Crippen LogP contribution < -0.4 is 0 Å². The first kappa shape index (κ1) is 12.4. The predicted molar refractivity (Wildman–Crippen MR) is 56.1 cm³/mol. The lowest BCUT2D eigenvalue weighted by molar-refractivity contribution is -0.147. The van der Waals surface area contributed by atoms with E-state index in [9.17, 15) is 13.2 Å². The molecule has 1 fully saturated rings. The molecule has 1 N–H and O–H groups in total. The summed E-state index contributed by atoms with van der Waals surface area (Å²) in [4.78, 5) is 11.1. The van der Waals surface area contributed by atoms with Gasteiger partial charge in [-0.05, 0) is 26.2 Å². The highest BCUT2D eigenvalue weighted by atomic mass is 32.2. The van der Waals surface area contributed by atoms with Crippen LogP contribution in [0.3, 0.4) is 0 Å². The molecular weight excluding hydrogens is 218 g/mol. The largest absolute Gasteiger partial charge is 0.480 e. The molecule has 6 heteroatoms. The van der Waals surface area contributed by atoms with E-state index < -0.39 is 21.5 Å². The first-order valence-electron chi connectivity index (χ1n) is 5.08. The summed E-state index contributed by atoms with van der Waals surface area (Å²) in [5.41, 5.74) is -1.29. The Hall–Kier alpha value is -0.620. The second kappa shape index (κ2) is 4.09. The van der Waals surface area contributed by atoms with Gasteiger partial charge in [0.25, 0.3) is 0 Å². The minimum absolute atomic E-state index is 0.0653. The van der Waals surface area contributed by atoms with Crippen molar-refractivity contribution in [2.24, 2.45) is 0 Å². The van der Waals surface area contributed by atoms with Crippen molar-refractivity contribution in [3.8, 4) is 0 Å². The van der Waals surface area contributed by atoms with E-state index in [4.69, 9.17) is 5.11 Å². The Labute approximate surface area is 90.1 Å². The van der Waals surface area contributed by atoms with E-state index in [1.165, 1.54) is 6.92 Å². The van der Waals surface area contributed by atoms with E-state index in [-0.39, 0.29) is 12.2 Å². The number of carboxylic acid groups (broad SMARTS) is 1. The molecule has 15 heavy (non-hydrogen) atoms. The van der Waals surface area contributed by atoms with E-state index in [1.807, 2.05) is 0 Å². The Morgan fingerprint density at radius 1 is 1.47 bits per heavy atom. The van der Waals surface area contributed by atoms with Gasteiger partial charge in [0, 0.05) is 6.54 Å². The molecule has 1 heterocycles. The molecule has 0 amide bonds. The smallest absolute Gasteiger partial charge is 0.324 e. The molecule has 0 spiro atoms. The Bertz CT molecular complexity index is 351. The second-order valence-corrected chi connectivity index (χ2v) is 6.04. The van der Waals surface area contributed by atoms with Crippen molar-refractivity contribution in [1.82, 2.24) is 4.31 Å². The van der Waals surface area contributed by atoms with Gasteiger partial charge < -0.3 is 5.11 Å². The Kier molecular flexibility index (Phi) is 3.40. The van der Waals surface area contributed by atoms with Gasteiger partial charge in [0.1, 0.15) is 5.54 Å². The van der Waals surface area contributed by atoms with Crippen LogP contribution in [0.1, 0.15) is 33.1 Å². The lowest BCUT2D eigenvalue weighted by Gasteiger charge is -2.38. The Morgan fingerprint density at radius 3 is 2.47 bits per heavy atom. The van der Waals surface area contributed by atoms with Crippen LogP contribution in [-0.2, 0) is 14.8 Å². The summed E-state index contributed by atoms with van der Waals surface area (Å²) in [5.74, 6) is -1.01. The summed E-state index contributed by atoms with van der Waals surface area (Å²) < 4.78 is 24.7. The highest BCUT2D eigenvalue weighted by Gasteiger charge is 2.45. The highest BCUT2D eigenvalue weighted by Crippen LogP contribution is 2.27. The normalized spacial score (nSPS) is 25.7. The number of hydrogen-bond acceptors (Lipinski definition) is 3. The molecule has 0 aromatic heterocycles. The van der Waals surface area contributed by atoms with Gasteiger partial charge in [0.15, 0.2) is 0 Å². The molecule has 1 saturated heterocycles. The van der Waals surface area contributed by atoms with Gasteiger partial charge in [-0.15, -0.1) is 0 Å². The van der Waals surface area contributed by atoms with Crippen LogP contribution in [-0.4, -0.2) is 41.6 Å². The molecule has 0 aromatic rings. The van der Waals surface area contributed by atoms with Gasteiger partial charge in [0.05, 0.1) is 5.75 Å². The van der Waals surface area contributed by atoms with Crippen LogP contribution in [0.2, 0.25) is 0 Å². The van der Waals surface area contributed by atoms with Crippen molar-refractivity contribution in [3.63, 3.8) is 0 Å². The molecule has 0 bridgehead atoms. The van der Waals surface area contributed by atoms with Gasteiger partial charge in [-0.1, -0.05) is 6.92 Å². The number of nitrogens with zero attached hydrogens (tertiary/aromatic N) is 1. The zero-order valence-corrected chi connectivity index (χ0v) is 9.88. The van der Waals surface area contributed by atoms with Gasteiger partial charge in [-0.2, -0.15) is 4.31 Å². The Morgan fingerprint density at radius 2 is 2.07 bits per heavy atom. The zero-order chi connectivity index (χ0) is 11.7. The lowest BCUT2D eigenvalue weighted by Crippen LogP contribution is -2.56. The van der Waals surface area contributed by atoms with E-state index >= 15 is 0 Å². The molecule has 1 aliphatic heterocycles. The van der Waals surface area contributed by atoms with Gasteiger partial charge in [-0.3, -0.25) is 4.79 Å². The molecule has 1 aliphatic rings. The van der Waals surface area contributed by atoms with Crippen LogP contribution in [0, 0.1) is 0 Å². The first-order chi connectivity index (χ1) is 6.84. The van der Waals surface area contributed by atoms with Gasteiger partial charge in [-0.25, -0.2) is 8.42 Å². The molecule has 0 aliphatic carbocycles. The Balaban J connectivity index is 3.08. The maximum atomic E-state index is 11.8. The molecule has 88 valence electrons. The number of carboxylic acids is 1. The summed E-state index contributed by atoms with van der Waals surface area (Å²) in [7, 11) is -3.39. The van der Waals surface area contributed by atoms with E-state index in [2.05, 4.69) is 0 Å². The van der Waals surface area contributed by atoms with Crippen LogP contribution in [0.5, 0.6) is 0 Å². The lowest BCUT2D eigenvalue weighted by atomic mass is 9.99. The van der Waals surface area contributed by atoms with E-state index in [0.717, 1.165) is 10.7 Å². The highest BCUT2D eigenvalue weighted by molar-refractivity contribution is 7.89. The van der Waals surface area contributed by atoms with Crippen LogP contribution in [0.25, 0.3) is 0 Å². The zero-order valence-electron chi connectivity index (χ0n) is 9.06. The summed E-state index contributed by atoms with van der Waals surface area (Å²) in [6.07, 6.45) is 1.64. The quantitative estimate of drug-likeness (QED) is 0.780. The summed E-state index contributed by atoms with van der Waals surface area (Å²) in [5, 5.41) is 9.11. The summed E-state index contributed by atoms with van der Waals surface area (Å²) in [6, 6.07) is 0. The fourth-order valence-electron chi connectivity index (χ4n) is 1.78. The summed E-state index contributed by atoms with van der Waals surface area (Å²) >= 11 is 0. The monoisotopic (exact) mass is 235 g/mol.